The smallest absolute Gasteiger partial charge is 0.0494 e. The fourth-order valence-electron chi connectivity index (χ4n) is 4.63. The molecule has 0 saturated heterocycles. The van der Waals surface area contributed by atoms with Gasteiger partial charge < -0.3 is 9.47 Å². The van der Waals surface area contributed by atoms with Crippen molar-refractivity contribution >= 4 is 0 Å². The van der Waals surface area contributed by atoms with E-state index in [1.165, 1.54) is 77.0 Å². The molecule has 2 nitrogen and oxygen atoms in total. The third-order valence-corrected chi connectivity index (χ3v) is 6.47. The van der Waals surface area contributed by atoms with Gasteiger partial charge in [0.05, 0.1) is 0 Å². The van der Waals surface area contributed by atoms with Crippen LogP contribution < -0.4 is 0 Å². The summed E-state index contributed by atoms with van der Waals surface area (Å²) in [5.41, 5.74) is 0. The Labute approximate surface area is 151 Å². The summed E-state index contributed by atoms with van der Waals surface area (Å²) in [4.78, 5) is 0. The molecule has 0 radical (unpaired) electrons. The zero-order valence-corrected chi connectivity index (χ0v) is 16.4. The molecule has 0 unspecified atom stereocenters. The first-order valence-electron chi connectivity index (χ1n) is 11.0. The van der Waals surface area contributed by atoms with Gasteiger partial charge >= 0.3 is 0 Å². The minimum absolute atomic E-state index is 0.851. The van der Waals surface area contributed by atoms with Crippen LogP contribution in [0, 0.1) is 23.7 Å². The maximum absolute atomic E-state index is 5.83. The van der Waals surface area contributed by atoms with Crippen LogP contribution in [-0.2, 0) is 9.47 Å². The van der Waals surface area contributed by atoms with Crippen molar-refractivity contribution in [3.05, 3.63) is 0 Å². The number of unbranched alkanes of at least 4 members (excludes halogenated alkanes) is 1. The highest BCUT2D eigenvalue weighted by molar-refractivity contribution is 4.76. The summed E-state index contributed by atoms with van der Waals surface area (Å²) < 4.78 is 11.4. The van der Waals surface area contributed by atoms with Gasteiger partial charge in [-0.1, -0.05) is 51.9 Å². The Morgan fingerprint density at radius 1 is 0.625 bits per heavy atom. The third kappa shape index (κ3) is 7.87. The van der Waals surface area contributed by atoms with Crippen LogP contribution in [0.2, 0.25) is 0 Å². The van der Waals surface area contributed by atoms with Gasteiger partial charge in [0.25, 0.3) is 0 Å². The fourth-order valence-corrected chi connectivity index (χ4v) is 4.63. The van der Waals surface area contributed by atoms with Crippen LogP contribution in [0.3, 0.4) is 0 Å². The van der Waals surface area contributed by atoms with E-state index >= 15 is 0 Å². The SMILES string of the molecule is CCCCOCC1CCC(CC[C@H]2CC[C@H](COCC)CC2)CC1. The lowest BCUT2D eigenvalue weighted by Gasteiger charge is -2.32. The Morgan fingerprint density at radius 2 is 1.08 bits per heavy atom. The van der Waals surface area contributed by atoms with Crippen LogP contribution in [0.5, 0.6) is 0 Å². The second-order valence-electron chi connectivity index (χ2n) is 8.44. The maximum atomic E-state index is 5.83. The molecule has 0 amide bonds. The predicted octanol–water partition coefficient (Wildman–Crippen LogP) is 6.23. The lowest BCUT2D eigenvalue weighted by molar-refractivity contribution is 0.0723. The first-order chi connectivity index (χ1) is 11.8. The van der Waals surface area contributed by atoms with Crippen molar-refractivity contribution < 1.29 is 9.47 Å². The number of ether oxygens (including phenoxy) is 2. The Balaban J connectivity index is 1.49. The molecule has 2 heteroatoms. The highest BCUT2D eigenvalue weighted by Crippen LogP contribution is 2.36. The van der Waals surface area contributed by atoms with Crippen molar-refractivity contribution in [3.8, 4) is 0 Å². The molecule has 24 heavy (non-hydrogen) atoms. The molecular weight excluding hydrogens is 296 g/mol. The van der Waals surface area contributed by atoms with Crippen molar-refractivity contribution in [2.24, 2.45) is 23.7 Å². The summed E-state index contributed by atoms with van der Waals surface area (Å²) in [6, 6.07) is 0. The van der Waals surface area contributed by atoms with E-state index in [0.717, 1.165) is 50.1 Å². The van der Waals surface area contributed by atoms with E-state index in [9.17, 15) is 0 Å². The van der Waals surface area contributed by atoms with Gasteiger partial charge in [-0.3, -0.25) is 0 Å². The summed E-state index contributed by atoms with van der Waals surface area (Å²) in [6.07, 6.45) is 16.9. The minimum atomic E-state index is 0.851. The lowest BCUT2D eigenvalue weighted by atomic mass is 9.76. The van der Waals surface area contributed by atoms with Gasteiger partial charge in [0.1, 0.15) is 0 Å². The van der Waals surface area contributed by atoms with Crippen LogP contribution in [0.1, 0.15) is 90.9 Å². The number of hydrogen-bond donors (Lipinski definition) is 0. The molecule has 0 aliphatic heterocycles. The van der Waals surface area contributed by atoms with Crippen molar-refractivity contribution in [1.29, 1.82) is 0 Å². The van der Waals surface area contributed by atoms with Crippen LogP contribution in [0.4, 0.5) is 0 Å². The Kier molecular flexibility index (Phi) is 10.4. The predicted molar refractivity (Wildman–Crippen MR) is 102 cm³/mol. The Bertz CT molecular complexity index is 288. The quantitative estimate of drug-likeness (QED) is 0.416. The summed E-state index contributed by atoms with van der Waals surface area (Å²) in [5.74, 6) is 3.73. The summed E-state index contributed by atoms with van der Waals surface area (Å²) >= 11 is 0. The molecule has 2 aliphatic rings. The van der Waals surface area contributed by atoms with Crippen molar-refractivity contribution in [2.75, 3.05) is 26.4 Å². The Morgan fingerprint density at radius 3 is 1.54 bits per heavy atom. The molecule has 2 rings (SSSR count). The van der Waals surface area contributed by atoms with Gasteiger partial charge in [0.2, 0.25) is 0 Å². The summed E-state index contributed by atoms with van der Waals surface area (Å²) in [6.45, 7) is 8.23. The van der Waals surface area contributed by atoms with Crippen molar-refractivity contribution in [2.45, 2.75) is 90.9 Å². The topological polar surface area (TPSA) is 18.5 Å². The van der Waals surface area contributed by atoms with Gasteiger partial charge in [-0.25, -0.2) is 0 Å². The van der Waals surface area contributed by atoms with Gasteiger partial charge in [-0.2, -0.15) is 0 Å². The molecule has 0 aromatic heterocycles. The minimum Gasteiger partial charge on any atom is -0.381 e. The van der Waals surface area contributed by atoms with Gasteiger partial charge in [0.15, 0.2) is 0 Å². The lowest BCUT2D eigenvalue weighted by Crippen LogP contribution is -2.21. The van der Waals surface area contributed by atoms with Crippen LogP contribution in [-0.4, -0.2) is 26.4 Å². The van der Waals surface area contributed by atoms with Crippen LogP contribution >= 0.6 is 0 Å². The van der Waals surface area contributed by atoms with E-state index in [1.54, 1.807) is 0 Å². The Hall–Kier alpha value is -0.0800. The molecule has 0 spiro atoms. The standard InChI is InChI=1S/C22H42O2/c1-3-5-16-24-18-22-14-10-20(11-15-22)7-6-19-8-12-21(13-9-19)17-23-4-2/h19-22H,3-18H2,1-2H3/t19-,20?,21-,22?. The third-order valence-electron chi connectivity index (χ3n) is 6.47. The number of hydrogen-bond acceptors (Lipinski definition) is 2. The van der Waals surface area contributed by atoms with Gasteiger partial charge in [-0.05, 0) is 62.7 Å². The van der Waals surface area contributed by atoms with Crippen molar-refractivity contribution in [1.82, 2.24) is 0 Å². The summed E-state index contributed by atoms with van der Waals surface area (Å²) in [7, 11) is 0. The second kappa shape index (κ2) is 12.3. The van der Waals surface area contributed by atoms with Crippen molar-refractivity contribution in [3.63, 3.8) is 0 Å². The highest BCUT2D eigenvalue weighted by atomic mass is 16.5. The van der Waals surface area contributed by atoms with E-state index in [1.807, 2.05) is 0 Å². The largest absolute Gasteiger partial charge is 0.381 e. The van der Waals surface area contributed by atoms with Crippen LogP contribution in [0.15, 0.2) is 0 Å². The van der Waals surface area contributed by atoms with E-state index in [2.05, 4.69) is 13.8 Å². The molecule has 142 valence electrons. The second-order valence-corrected chi connectivity index (χ2v) is 8.44. The highest BCUT2D eigenvalue weighted by Gasteiger charge is 2.24. The zero-order chi connectivity index (χ0) is 17.0. The maximum Gasteiger partial charge on any atom is 0.0494 e. The zero-order valence-electron chi connectivity index (χ0n) is 16.4. The molecule has 2 fully saturated rings. The molecule has 0 aromatic rings. The molecular formula is C22H42O2. The first-order valence-corrected chi connectivity index (χ1v) is 11.0. The van der Waals surface area contributed by atoms with Crippen LogP contribution in [0.25, 0.3) is 0 Å². The first kappa shape index (κ1) is 20.2. The monoisotopic (exact) mass is 338 g/mol. The molecule has 0 aromatic carbocycles. The van der Waals surface area contributed by atoms with E-state index < -0.39 is 0 Å². The van der Waals surface area contributed by atoms with Gasteiger partial charge in [-0.15, -0.1) is 0 Å². The number of rotatable bonds is 11. The van der Waals surface area contributed by atoms with E-state index in [4.69, 9.17) is 9.47 Å². The van der Waals surface area contributed by atoms with E-state index in [-0.39, 0.29) is 0 Å². The molecule has 0 bridgehead atoms. The molecule has 0 heterocycles. The normalized spacial score (nSPS) is 31.2. The fraction of sp³-hybridized carbons (Fsp3) is 1.00. The molecule has 2 saturated carbocycles. The molecule has 2 aliphatic carbocycles. The average molecular weight is 339 g/mol. The summed E-state index contributed by atoms with van der Waals surface area (Å²) in [5, 5.41) is 0. The molecule has 0 atom stereocenters. The van der Waals surface area contributed by atoms with Gasteiger partial charge in [0, 0.05) is 26.4 Å². The molecule has 0 N–H and O–H groups in total. The average Bonchev–Trinajstić information content (AvgIpc) is 2.64. The van der Waals surface area contributed by atoms with E-state index in [0.29, 0.717) is 0 Å².